The number of hydrogen-bond donors (Lipinski definition) is 1. The molecule has 1 aromatic rings. The summed E-state index contributed by atoms with van der Waals surface area (Å²) in [6, 6.07) is 5.69. The first-order chi connectivity index (χ1) is 9.37. The number of nitrogens with zero attached hydrogens (tertiary/aromatic N) is 1. The summed E-state index contributed by atoms with van der Waals surface area (Å²) in [6.45, 7) is 1.50. The first-order valence-corrected chi connectivity index (χ1v) is 8.36. The monoisotopic (exact) mass is 300 g/mol. The molecular weight excluding hydrogens is 283 g/mol. The van der Waals surface area contributed by atoms with E-state index in [0.29, 0.717) is 25.2 Å². The average molecular weight is 300 g/mol. The number of carbonyl (C=O) groups excluding carboxylic acids is 1. The lowest BCUT2D eigenvalue weighted by molar-refractivity contribution is -0.131. The topological polar surface area (TPSA) is 66.5 Å². The fourth-order valence-corrected chi connectivity index (χ4v) is 2.94. The number of piperazine rings is 1. The summed E-state index contributed by atoms with van der Waals surface area (Å²) in [6.07, 6.45) is 1.03. The van der Waals surface area contributed by atoms with Crippen LogP contribution >= 0.6 is 0 Å². The molecule has 7 heteroatoms. The Labute approximate surface area is 117 Å². The standard InChI is InChI=1S/C13H17FN2O3S/c1-20(18,19)9-13(17)16-6-5-15-8-12(16)10-3-2-4-11(14)7-10/h2-4,7,12,15H,5-6,8-9H2,1H3. The molecule has 20 heavy (non-hydrogen) atoms. The average Bonchev–Trinajstić information content (AvgIpc) is 2.37. The molecule has 1 amide bonds. The highest BCUT2D eigenvalue weighted by molar-refractivity contribution is 7.91. The third kappa shape index (κ3) is 3.77. The number of nitrogens with one attached hydrogen (secondary N) is 1. The van der Waals surface area contributed by atoms with Gasteiger partial charge in [-0.1, -0.05) is 12.1 Å². The molecule has 110 valence electrons. The van der Waals surface area contributed by atoms with E-state index in [1.165, 1.54) is 17.0 Å². The Bertz CT molecular complexity index is 603. The summed E-state index contributed by atoms with van der Waals surface area (Å²) in [7, 11) is -3.37. The van der Waals surface area contributed by atoms with Crippen LogP contribution in [0.1, 0.15) is 11.6 Å². The first kappa shape index (κ1) is 14.9. The first-order valence-electron chi connectivity index (χ1n) is 6.30. The minimum atomic E-state index is -3.37. The Balaban J connectivity index is 2.23. The molecule has 1 fully saturated rings. The van der Waals surface area contributed by atoms with E-state index in [1.807, 2.05) is 0 Å². The molecule has 1 aliphatic rings. The largest absolute Gasteiger partial charge is 0.332 e. The smallest absolute Gasteiger partial charge is 0.238 e. The zero-order valence-corrected chi connectivity index (χ0v) is 12.0. The summed E-state index contributed by atoms with van der Waals surface area (Å²) in [5.74, 6) is -1.33. The third-order valence-corrected chi connectivity index (χ3v) is 3.95. The molecule has 1 saturated heterocycles. The Hall–Kier alpha value is -1.47. The minimum absolute atomic E-state index is 0.339. The molecule has 5 nitrogen and oxygen atoms in total. The van der Waals surface area contributed by atoms with Crippen LogP contribution in [0.3, 0.4) is 0 Å². The molecule has 0 aliphatic carbocycles. The molecule has 1 heterocycles. The van der Waals surface area contributed by atoms with E-state index in [1.54, 1.807) is 12.1 Å². The maximum absolute atomic E-state index is 13.3. The van der Waals surface area contributed by atoms with Gasteiger partial charge in [-0.3, -0.25) is 4.79 Å². The van der Waals surface area contributed by atoms with Gasteiger partial charge in [0.05, 0.1) is 6.04 Å². The van der Waals surface area contributed by atoms with Crippen LogP contribution in [0, 0.1) is 5.82 Å². The van der Waals surface area contributed by atoms with Crippen LogP contribution in [0.2, 0.25) is 0 Å². The van der Waals surface area contributed by atoms with Crippen LogP contribution < -0.4 is 5.32 Å². The molecular formula is C13H17FN2O3S. The van der Waals surface area contributed by atoms with E-state index in [-0.39, 0.29) is 11.9 Å². The molecule has 1 aromatic carbocycles. The highest BCUT2D eigenvalue weighted by Crippen LogP contribution is 2.23. The van der Waals surface area contributed by atoms with Crippen molar-refractivity contribution in [3.05, 3.63) is 35.6 Å². The number of halogens is 1. The Morgan fingerprint density at radius 3 is 2.90 bits per heavy atom. The fourth-order valence-electron chi connectivity index (χ4n) is 2.32. The van der Waals surface area contributed by atoms with Gasteiger partial charge in [0, 0.05) is 25.9 Å². The summed E-state index contributed by atoms with van der Waals surface area (Å²) in [5.41, 5.74) is 0.666. The van der Waals surface area contributed by atoms with E-state index >= 15 is 0 Å². The lowest BCUT2D eigenvalue weighted by Gasteiger charge is -2.36. The van der Waals surface area contributed by atoms with Crippen LogP contribution in [-0.2, 0) is 14.6 Å². The maximum Gasteiger partial charge on any atom is 0.238 e. The van der Waals surface area contributed by atoms with Crippen molar-refractivity contribution in [1.29, 1.82) is 0 Å². The van der Waals surface area contributed by atoms with Gasteiger partial charge in [-0.2, -0.15) is 0 Å². The van der Waals surface area contributed by atoms with E-state index in [4.69, 9.17) is 0 Å². The Morgan fingerprint density at radius 1 is 1.50 bits per heavy atom. The summed E-state index contributed by atoms with van der Waals surface area (Å²) >= 11 is 0. The quantitative estimate of drug-likeness (QED) is 0.874. The number of benzene rings is 1. The summed E-state index contributed by atoms with van der Waals surface area (Å²) < 4.78 is 35.8. The normalized spacial score (nSPS) is 19.9. The van der Waals surface area contributed by atoms with Crippen molar-refractivity contribution in [3.8, 4) is 0 Å². The Kier molecular flexibility index (Phi) is 4.39. The highest BCUT2D eigenvalue weighted by Gasteiger charge is 2.29. The third-order valence-electron chi connectivity index (χ3n) is 3.18. The van der Waals surface area contributed by atoms with E-state index < -0.39 is 21.5 Å². The van der Waals surface area contributed by atoms with E-state index in [9.17, 15) is 17.6 Å². The second-order valence-corrected chi connectivity index (χ2v) is 7.07. The van der Waals surface area contributed by atoms with Gasteiger partial charge in [-0.25, -0.2) is 12.8 Å². The fraction of sp³-hybridized carbons (Fsp3) is 0.462. The lowest BCUT2D eigenvalue weighted by Crippen LogP contribution is -2.50. The zero-order chi connectivity index (χ0) is 14.8. The molecule has 1 unspecified atom stereocenters. The molecule has 0 radical (unpaired) electrons. The van der Waals surface area contributed by atoms with E-state index in [0.717, 1.165) is 6.26 Å². The van der Waals surface area contributed by atoms with Crippen molar-refractivity contribution in [1.82, 2.24) is 10.2 Å². The second kappa shape index (κ2) is 5.88. The van der Waals surface area contributed by atoms with Crippen molar-refractivity contribution in [3.63, 3.8) is 0 Å². The number of carbonyl (C=O) groups is 1. The zero-order valence-electron chi connectivity index (χ0n) is 11.2. The lowest BCUT2D eigenvalue weighted by atomic mass is 10.0. The number of sulfone groups is 1. The Morgan fingerprint density at radius 2 is 2.25 bits per heavy atom. The molecule has 0 bridgehead atoms. The number of hydrogen-bond acceptors (Lipinski definition) is 4. The number of rotatable bonds is 3. The highest BCUT2D eigenvalue weighted by atomic mass is 32.2. The molecule has 1 N–H and O–H groups in total. The molecule has 0 saturated carbocycles. The van der Waals surface area contributed by atoms with Gasteiger partial charge in [0.25, 0.3) is 0 Å². The second-order valence-electron chi connectivity index (χ2n) is 4.93. The van der Waals surface area contributed by atoms with Crippen LogP contribution in [-0.4, -0.2) is 50.9 Å². The van der Waals surface area contributed by atoms with Crippen molar-refractivity contribution in [2.75, 3.05) is 31.6 Å². The summed E-state index contributed by atoms with van der Waals surface area (Å²) in [5, 5.41) is 3.13. The van der Waals surface area contributed by atoms with E-state index in [2.05, 4.69) is 5.32 Å². The predicted octanol–water partition coefficient (Wildman–Crippen LogP) is 0.343. The van der Waals surface area contributed by atoms with Crippen molar-refractivity contribution in [2.24, 2.45) is 0 Å². The van der Waals surface area contributed by atoms with Crippen molar-refractivity contribution >= 4 is 15.7 Å². The van der Waals surface area contributed by atoms with Crippen molar-refractivity contribution < 1.29 is 17.6 Å². The molecule has 2 rings (SSSR count). The van der Waals surface area contributed by atoms with Crippen LogP contribution in [0.15, 0.2) is 24.3 Å². The minimum Gasteiger partial charge on any atom is -0.332 e. The van der Waals surface area contributed by atoms with Gasteiger partial charge in [-0.05, 0) is 17.7 Å². The van der Waals surface area contributed by atoms with Gasteiger partial charge in [0.1, 0.15) is 11.6 Å². The van der Waals surface area contributed by atoms with Gasteiger partial charge >= 0.3 is 0 Å². The van der Waals surface area contributed by atoms with Crippen LogP contribution in [0.5, 0.6) is 0 Å². The molecule has 1 aliphatic heterocycles. The SMILES string of the molecule is CS(=O)(=O)CC(=O)N1CCNCC1c1cccc(F)c1. The van der Waals surface area contributed by atoms with Gasteiger partial charge in [0.15, 0.2) is 9.84 Å². The predicted molar refractivity (Wildman–Crippen MR) is 73.4 cm³/mol. The van der Waals surface area contributed by atoms with Crippen LogP contribution in [0.25, 0.3) is 0 Å². The van der Waals surface area contributed by atoms with Gasteiger partial charge < -0.3 is 10.2 Å². The van der Waals surface area contributed by atoms with Gasteiger partial charge in [-0.15, -0.1) is 0 Å². The number of amides is 1. The van der Waals surface area contributed by atoms with Crippen LogP contribution in [0.4, 0.5) is 4.39 Å². The van der Waals surface area contributed by atoms with Crippen molar-refractivity contribution in [2.45, 2.75) is 6.04 Å². The molecule has 0 aromatic heterocycles. The summed E-state index contributed by atoms with van der Waals surface area (Å²) in [4.78, 5) is 13.6. The maximum atomic E-state index is 13.3. The molecule has 1 atom stereocenters. The van der Waals surface area contributed by atoms with Gasteiger partial charge in [0.2, 0.25) is 5.91 Å². The molecule has 0 spiro atoms.